The van der Waals surface area contributed by atoms with Gasteiger partial charge in [-0.3, -0.25) is 14.8 Å². The molecule has 3 aromatic carbocycles. The highest BCUT2D eigenvalue weighted by Crippen LogP contribution is 2.31. The van der Waals surface area contributed by atoms with Gasteiger partial charge in [-0.05, 0) is 35.9 Å². The number of non-ortho nitro benzene ring substituents is 1. The van der Waals surface area contributed by atoms with Gasteiger partial charge >= 0.3 is 5.97 Å². The quantitative estimate of drug-likeness (QED) is 0.181. The number of aromatic nitrogens is 2. The SMILES string of the molecule is COc1ccc2c(c1)c(OC(=O)c1c(F)ccc(F)c1F)nn2Cc1cccc([N+](=O)[O-])c1. The van der Waals surface area contributed by atoms with Gasteiger partial charge in [0.2, 0.25) is 5.88 Å². The number of carbonyl (C=O) groups is 1. The zero-order valence-corrected chi connectivity index (χ0v) is 16.9. The van der Waals surface area contributed by atoms with E-state index in [9.17, 15) is 28.1 Å². The summed E-state index contributed by atoms with van der Waals surface area (Å²) in [5.41, 5.74) is -0.330. The number of esters is 1. The minimum Gasteiger partial charge on any atom is -0.497 e. The predicted molar refractivity (Wildman–Crippen MR) is 110 cm³/mol. The first-order chi connectivity index (χ1) is 15.8. The fourth-order valence-electron chi connectivity index (χ4n) is 3.25. The molecule has 0 amide bonds. The summed E-state index contributed by atoms with van der Waals surface area (Å²) in [6.45, 7) is 0.0603. The van der Waals surface area contributed by atoms with Crippen molar-refractivity contribution in [3.8, 4) is 11.6 Å². The van der Waals surface area contributed by atoms with E-state index in [2.05, 4.69) is 5.10 Å². The largest absolute Gasteiger partial charge is 0.497 e. The van der Waals surface area contributed by atoms with Crippen molar-refractivity contribution in [2.24, 2.45) is 0 Å². The zero-order chi connectivity index (χ0) is 23.7. The second-order valence-electron chi connectivity index (χ2n) is 6.88. The van der Waals surface area contributed by atoms with E-state index in [0.29, 0.717) is 29.0 Å². The van der Waals surface area contributed by atoms with E-state index in [1.54, 1.807) is 18.2 Å². The molecular weight excluding hydrogens is 443 g/mol. The molecule has 4 rings (SSSR count). The van der Waals surface area contributed by atoms with Crippen LogP contribution in [0.3, 0.4) is 0 Å². The Kier molecular flexibility index (Phi) is 5.69. The van der Waals surface area contributed by atoms with E-state index in [1.807, 2.05) is 0 Å². The van der Waals surface area contributed by atoms with Crippen molar-refractivity contribution >= 4 is 22.6 Å². The number of nitrogens with zero attached hydrogens (tertiary/aromatic N) is 3. The van der Waals surface area contributed by atoms with Gasteiger partial charge in [0.05, 0.1) is 29.5 Å². The Hall–Kier alpha value is -4.41. The Balaban J connectivity index is 1.76. The summed E-state index contributed by atoms with van der Waals surface area (Å²) in [5, 5.41) is 15.5. The molecular formula is C22H14F3N3O5. The van der Waals surface area contributed by atoms with Crippen LogP contribution in [0.5, 0.6) is 11.6 Å². The van der Waals surface area contributed by atoms with Crippen LogP contribution in [0, 0.1) is 27.6 Å². The fraction of sp³-hybridized carbons (Fsp3) is 0.0909. The van der Waals surface area contributed by atoms with Gasteiger partial charge in [-0.15, -0.1) is 5.10 Å². The topological polar surface area (TPSA) is 96.5 Å². The first-order valence-corrected chi connectivity index (χ1v) is 9.42. The van der Waals surface area contributed by atoms with Crippen LogP contribution in [0.4, 0.5) is 18.9 Å². The monoisotopic (exact) mass is 457 g/mol. The summed E-state index contributed by atoms with van der Waals surface area (Å²) in [6.07, 6.45) is 0. The molecule has 33 heavy (non-hydrogen) atoms. The van der Waals surface area contributed by atoms with Gasteiger partial charge in [0.15, 0.2) is 11.6 Å². The third-order valence-corrected chi connectivity index (χ3v) is 4.81. The molecule has 8 nitrogen and oxygen atoms in total. The van der Waals surface area contributed by atoms with Gasteiger partial charge < -0.3 is 9.47 Å². The molecule has 11 heteroatoms. The maximum atomic E-state index is 14.0. The maximum Gasteiger partial charge on any atom is 0.351 e. The smallest absolute Gasteiger partial charge is 0.351 e. The van der Waals surface area contributed by atoms with Gasteiger partial charge in [0, 0.05) is 12.1 Å². The second-order valence-corrected chi connectivity index (χ2v) is 6.88. The molecule has 0 aliphatic heterocycles. The Morgan fingerprint density at radius 2 is 1.85 bits per heavy atom. The summed E-state index contributed by atoms with van der Waals surface area (Å²) < 4.78 is 53.2. The number of ether oxygens (including phenoxy) is 2. The van der Waals surface area contributed by atoms with Crippen LogP contribution >= 0.6 is 0 Å². The van der Waals surface area contributed by atoms with Gasteiger partial charge in [0.25, 0.3) is 5.69 Å². The molecule has 1 aromatic heterocycles. The van der Waals surface area contributed by atoms with E-state index in [-0.39, 0.29) is 23.5 Å². The normalized spacial score (nSPS) is 10.9. The number of fused-ring (bicyclic) bond motifs is 1. The summed E-state index contributed by atoms with van der Waals surface area (Å²) >= 11 is 0. The average Bonchev–Trinajstić information content (AvgIpc) is 3.12. The highest BCUT2D eigenvalue weighted by molar-refractivity contribution is 5.95. The van der Waals surface area contributed by atoms with Crippen LogP contribution in [-0.2, 0) is 6.54 Å². The van der Waals surface area contributed by atoms with Crippen molar-refractivity contribution in [2.45, 2.75) is 6.54 Å². The molecule has 0 atom stereocenters. The average molecular weight is 457 g/mol. The molecule has 0 aliphatic carbocycles. The van der Waals surface area contributed by atoms with Crippen molar-refractivity contribution in [1.29, 1.82) is 0 Å². The zero-order valence-electron chi connectivity index (χ0n) is 16.9. The fourth-order valence-corrected chi connectivity index (χ4v) is 3.25. The van der Waals surface area contributed by atoms with Crippen LogP contribution in [0.1, 0.15) is 15.9 Å². The van der Waals surface area contributed by atoms with Gasteiger partial charge in [-0.2, -0.15) is 0 Å². The summed E-state index contributed by atoms with van der Waals surface area (Å²) in [5.74, 6) is -5.78. The summed E-state index contributed by atoms with van der Waals surface area (Å²) in [6, 6.07) is 11.7. The van der Waals surface area contributed by atoms with E-state index in [0.717, 1.165) is 0 Å². The van der Waals surface area contributed by atoms with E-state index >= 15 is 0 Å². The number of rotatable bonds is 6. The number of nitro groups is 1. The third-order valence-electron chi connectivity index (χ3n) is 4.81. The van der Waals surface area contributed by atoms with E-state index < -0.39 is 33.9 Å². The first kappa shape index (κ1) is 21.8. The highest BCUT2D eigenvalue weighted by atomic mass is 19.2. The Labute approximate surface area is 183 Å². The molecule has 0 bridgehead atoms. The first-order valence-electron chi connectivity index (χ1n) is 9.42. The van der Waals surface area contributed by atoms with Gasteiger partial charge in [-0.25, -0.2) is 18.0 Å². The minimum atomic E-state index is -1.68. The number of hydrogen-bond donors (Lipinski definition) is 0. The number of nitro benzene ring substituents is 1. The van der Waals surface area contributed by atoms with Crippen LogP contribution < -0.4 is 9.47 Å². The molecule has 4 aromatic rings. The number of methoxy groups -OCH3 is 1. The van der Waals surface area contributed by atoms with Crippen LogP contribution in [0.2, 0.25) is 0 Å². The Morgan fingerprint density at radius 3 is 2.58 bits per heavy atom. The molecule has 168 valence electrons. The lowest BCUT2D eigenvalue weighted by atomic mass is 10.2. The van der Waals surface area contributed by atoms with Gasteiger partial charge in [0.1, 0.15) is 17.1 Å². The molecule has 0 N–H and O–H groups in total. The summed E-state index contributed by atoms with van der Waals surface area (Å²) in [4.78, 5) is 23.0. The number of halogens is 3. The van der Waals surface area contributed by atoms with Crippen LogP contribution in [0.25, 0.3) is 10.9 Å². The molecule has 0 saturated carbocycles. The number of hydrogen-bond acceptors (Lipinski definition) is 6. The Morgan fingerprint density at radius 1 is 1.09 bits per heavy atom. The summed E-state index contributed by atoms with van der Waals surface area (Å²) in [7, 11) is 1.41. The number of carbonyl (C=O) groups excluding carboxylic acids is 1. The number of benzene rings is 3. The predicted octanol–water partition coefficient (Wildman–Crippen LogP) is 4.64. The van der Waals surface area contributed by atoms with Crippen molar-refractivity contribution in [2.75, 3.05) is 7.11 Å². The van der Waals surface area contributed by atoms with Crippen molar-refractivity contribution < 1.29 is 32.4 Å². The lowest BCUT2D eigenvalue weighted by Gasteiger charge is -2.05. The van der Waals surface area contributed by atoms with Crippen LogP contribution in [-0.4, -0.2) is 27.8 Å². The molecule has 0 fully saturated rings. The molecule has 1 heterocycles. The van der Waals surface area contributed by atoms with Crippen molar-refractivity contribution in [1.82, 2.24) is 9.78 Å². The molecule has 0 spiro atoms. The maximum absolute atomic E-state index is 14.0. The van der Waals surface area contributed by atoms with Crippen molar-refractivity contribution in [3.05, 3.63) is 93.3 Å². The molecule has 0 aliphatic rings. The highest BCUT2D eigenvalue weighted by Gasteiger charge is 2.25. The van der Waals surface area contributed by atoms with Gasteiger partial charge in [-0.1, -0.05) is 12.1 Å². The second kappa shape index (κ2) is 8.61. The van der Waals surface area contributed by atoms with E-state index in [4.69, 9.17) is 9.47 Å². The molecule has 0 saturated heterocycles. The third kappa shape index (κ3) is 4.20. The lowest BCUT2D eigenvalue weighted by molar-refractivity contribution is -0.384. The van der Waals surface area contributed by atoms with E-state index in [1.165, 1.54) is 36.1 Å². The minimum absolute atomic E-state index is 0.0603. The molecule has 0 unspecified atom stereocenters. The molecule has 0 radical (unpaired) electrons. The van der Waals surface area contributed by atoms with Crippen LogP contribution in [0.15, 0.2) is 54.6 Å². The standard InChI is InChI=1S/C22H14F3N3O5/c1-32-14-5-8-18-15(10-14)21(33-22(29)19-16(23)6-7-17(24)20(19)25)26-27(18)11-12-3-2-4-13(9-12)28(30)31/h2-10H,11H2,1H3. The van der Waals surface area contributed by atoms with Crippen molar-refractivity contribution in [3.63, 3.8) is 0 Å². The Bertz CT molecular complexity index is 1400. The lowest BCUT2D eigenvalue weighted by Crippen LogP contribution is -2.15.